The average Bonchev–Trinajstić information content (AvgIpc) is 2.47. The molecule has 1 aromatic rings. The fourth-order valence-electron chi connectivity index (χ4n) is 2.86. The second-order valence-corrected chi connectivity index (χ2v) is 5.68. The van der Waals surface area contributed by atoms with Crippen LogP contribution in [0.5, 0.6) is 0 Å². The van der Waals surface area contributed by atoms with Gasteiger partial charge in [-0.2, -0.15) is 0 Å². The molecular formula is C17H25NO. The molecule has 0 aliphatic carbocycles. The van der Waals surface area contributed by atoms with Crippen molar-refractivity contribution in [2.24, 2.45) is 11.8 Å². The van der Waals surface area contributed by atoms with E-state index in [4.69, 9.17) is 0 Å². The van der Waals surface area contributed by atoms with Crippen LogP contribution >= 0.6 is 0 Å². The molecule has 1 aliphatic heterocycles. The smallest absolute Gasteiger partial charge is 0.0629 e. The van der Waals surface area contributed by atoms with Gasteiger partial charge in [0.1, 0.15) is 0 Å². The highest BCUT2D eigenvalue weighted by molar-refractivity contribution is 5.14. The minimum atomic E-state index is -0.226. The molecule has 2 heteroatoms. The van der Waals surface area contributed by atoms with Gasteiger partial charge in [-0.25, -0.2) is 0 Å². The van der Waals surface area contributed by atoms with Crippen molar-refractivity contribution in [2.75, 3.05) is 13.1 Å². The van der Waals surface area contributed by atoms with Gasteiger partial charge < -0.3 is 5.11 Å². The third-order valence-corrected chi connectivity index (χ3v) is 4.27. The Morgan fingerprint density at radius 3 is 2.53 bits per heavy atom. The zero-order valence-electron chi connectivity index (χ0n) is 11.8. The van der Waals surface area contributed by atoms with Gasteiger partial charge in [0.05, 0.1) is 6.10 Å². The van der Waals surface area contributed by atoms with Crippen molar-refractivity contribution in [1.82, 2.24) is 4.90 Å². The molecule has 2 atom stereocenters. The molecule has 1 fully saturated rings. The Morgan fingerprint density at radius 2 is 1.95 bits per heavy atom. The lowest BCUT2D eigenvalue weighted by Gasteiger charge is -2.35. The van der Waals surface area contributed by atoms with E-state index in [9.17, 15) is 5.11 Å². The van der Waals surface area contributed by atoms with Crippen LogP contribution in [0.2, 0.25) is 0 Å². The molecule has 104 valence electrons. The summed E-state index contributed by atoms with van der Waals surface area (Å²) in [6.07, 6.45) is 3.82. The summed E-state index contributed by atoms with van der Waals surface area (Å²) in [6.45, 7) is 9.02. The quantitative estimate of drug-likeness (QED) is 0.821. The normalized spacial score (nSPS) is 20.9. The van der Waals surface area contributed by atoms with Gasteiger partial charge in [-0.05, 0) is 43.3 Å². The molecule has 1 heterocycles. The average molecular weight is 259 g/mol. The van der Waals surface area contributed by atoms with Crippen LogP contribution in [-0.4, -0.2) is 29.2 Å². The molecule has 1 aliphatic rings. The highest BCUT2D eigenvalue weighted by Gasteiger charge is 2.27. The van der Waals surface area contributed by atoms with Gasteiger partial charge in [-0.1, -0.05) is 43.3 Å². The fourth-order valence-corrected chi connectivity index (χ4v) is 2.86. The summed E-state index contributed by atoms with van der Waals surface area (Å²) in [5, 5.41) is 10.2. The van der Waals surface area contributed by atoms with Crippen LogP contribution < -0.4 is 0 Å². The summed E-state index contributed by atoms with van der Waals surface area (Å²) in [7, 11) is 0. The Kier molecular flexibility index (Phi) is 5.17. The van der Waals surface area contributed by atoms with Crippen molar-refractivity contribution in [1.29, 1.82) is 0 Å². The van der Waals surface area contributed by atoms with Crippen molar-refractivity contribution >= 4 is 0 Å². The number of nitrogens with zero attached hydrogens (tertiary/aromatic N) is 1. The number of aliphatic hydroxyl groups is 1. The van der Waals surface area contributed by atoms with Gasteiger partial charge >= 0.3 is 0 Å². The topological polar surface area (TPSA) is 23.5 Å². The van der Waals surface area contributed by atoms with Crippen LogP contribution in [0.15, 0.2) is 43.0 Å². The van der Waals surface area contributed by atoms with Gasteiger partial charge in [-0.3, -0.25) is 4.90 Å². The molecule has 0 radical (unpaired) electrons. The molecular weight excluding hydrogens is 234 g/mol. The zero-order valence-corrected chi connectivity index (χ0v) is 11.8. The number of piperidine rings is 1. The minimum absolute atomic E-state index is 0.200. The van der Waals surface area contributed by atoms with E-state index in [-0.39, 0.29) is 12.0 Å². The summed E-state index contributed by atoms with van der Waals surface area (Å²) >= 11 is 0. The van der Waals surface area contributed by atoms with Gasteiger partial charge in [0.2, 0.25) is 0 Å². The summed E-state index contributed by atoms with van der Waals surface area (Å²) in [4.78, 5) is 2.48. The number of likely N-dealkylation sites (tertiary alicyclic amines) is 1. The molecule has 1 saturated heterocycles. The largest absolute Gasteiger partial charge is 0.392 e. The molecule has 19 heavy (non-hydrogen) atoms. The summed E-state index contributed by atoms with van der Waals surface area (Å²) < 4.78 is 0. The Bertz CT molecular complexity index is 382. The van der Waals surface area contributed by atoms with E-state index in [1.165, 1.54) is 5.56 Å². The zero-order chi connectivity index (χ0) is 13.7. The Hall–Kier alpha value is -1.12. The predicted molar refractivity (Wildman–Crippen MR) is 79.8 cm³/mol. The molecule has 0 amide bonds. The van der Waals surface area contributed by atoms with Gasteiger partial charge in [0.25, 0.3) is 0 Å². The monoisotopic (exact) mass is 259 g/mol. The first-order valence-electron chi connectivity index (χ1n) is 7.27. The molecule has 2 rings (SSSR count). The van der Waals surface area contributed by atoms with E-state index >= 15 is 0 Å². The third-order valence-electron chi connectivity index (χ3n) is 4.27. The second kappa shape index (κ2) is 6.88. The summed E-state index contributed by atoms with van der Waals surface area (Å²) in [5.74, 6) is 0.630. The summed E-state index contributed by atoms with van der Waals surface area (Å²) in [6, 6.07) is 10.6. The van der Waals surface area contributed by atoms with E-state index < -0.39 is 0 Å². The maximum absolute atomic E-state index is 10.2. The minimum Gasteiger partial charge on any atom is -0.392 e. The van der Waals surface area contributed by atoms with Crippen molar-refractivity contribution in [2.45, 2.75) is 32.4 Å². The van der Waals surface area contributed by atoms with E-state index in [1.807, 2.05) is 13.0 Å². The van der Waals surface area contributed by atoms with Crippen LogP contribution in [0, 0.1) is 11.8 Å². The molecule has 0 bridgehead atoms. The van der Waals surface area contributed by atoms with Crippen LogP contribution in [0.3, 0.4) is 0 Å². The first kappa shape index (κ1) is 14.3. The molecule has 2 nitrogen and oxygen atoms in total. The van der Waals surface area contributed by atoms with Crippen LogP contribution in [0.4, 0.5) is 0 Å². The van der Waals surface area contributed by atoms with E-state index in [2.05, 4.69) is 41.8 Å². The number of rotatable bonds is 5. The molecule has 1 N–H and O–H groups in total. The first-order chi connectivity index (χ1) is 9.20. The van der Waals surface area contributed by atoms with Crippen LogP contribution in [0.1, 0.15) is 25.3 Å². The Labute approximate surface area is 116 Å². The lowest BCUT2D eigenvalue weighted by Crippen LogP contribution is -2.39. The molecule has 0 unspecified atom stereocenters. The molecule has 0 aromatic heterocycles. The lowest BCUT2D eigenvalue weighted by molar-refractivity contribution is 0.0346. The lowest BCUT2D eigenvalue weighted by atomic mass is 9.85. The molecule has 1 aromatic carbocycles. The van der Waals surface area contributed by atoms with Crippen LogP contribution in [-0.2, 0) is 6.54 Å². The molecule has 0 saturated carbocycles. The Morgan fingerprint density at radius 1 is 1.32 bits per heavy atom. The maximum Gasteiger partial charge on any atom is 0.0629 e. The van der Waals surface area contributed by atoms with E-state index in [0.29, 0.717) is 5.92 Å². The van der Waals surface area contributed by atoms with E-state index in [1.54, 1.807) is 0 Å². The van der Waals surface area contributed by atoms with E-state index in [0.717, 1.165) is 32.5 Å². The van der Waals surface area contributed by atoms with Crippen molar-refractivity contribution < 1.29 is 5.11 Å². The maximum atomic E-state index is 10.2. The van der Waals surface area contributed by atoms with Crippen molar-refractivity contribution in [3.63, 3.8) is 0 Å². The van der Waals surface area contributed by atoms with Gasteiger partial charge in [-0.15, -0.1) is 6.58 Å². The number of hydrogen-bond donors (Lipinski definition) is 1. The highest BCUT2D eigenvalue weighted by atomic mass is 16.3. The number of aliphatic hydroxyl groups excluding tert-OH is 1. The van der Waals surface area contributed by atoms with Crippen molar-refractivity contribution in [3.8, 4) is 0 Å². The predicted octanol–water partition coefficient (Wildman–Crippen LogP) is 3.08. The summed E-state index contributed by atoms with van der Waals surface area (Å²) in [5.41, 5.74) is 1.38. The second-order valence-electron chi connectivity index (χ2n) is 5.68. The number of hydrogen-bond acceptors (Lipinski definition) is 2. The Balaban J connectivity index is 1.81. The van der Waals surface area contributed by atoms with Crippen LogP contribution in [0.25, 0.3) is 0 Å². The highest BCUT2D eigenvalue weighted by Crippen LogP contribution is 2.26. The first-order valence-corrected chi connectivity index (χ1v) is 7.27. The SMILES string of the molecule is C=C[C@H](C)[C@H](O)C1CCN(Cc2ccccc2)CC1. The third kappa shape index (κ3) is 3.92. The van der Waals surface area contributed by atoms with Crippen molar-refractivity contribution in [3.05, 3.63) is 48.6 Å². The standard InChI is InChI=1S/C17H25NO/c1-3-14(2)17(19)16-9-11-18(12-10-16)13-15-7-5-4-6-8-15/h3-8,14,16-17,19H,1,9-13H2,2H3/t14-,17-/m0/s1. The van der Waals surface area contributed by atoms with Gasteiger partial charge in [0, 0.05) is 6.54 Å². The fraction of sp³-hybridized carbons (Fsp3) is 0.529. The number of benzene rings is 1. The molecule has 0 spiro atoms. The van der Waals surface area contributed by atoms with Gasteiger partial charge in [0.15, 0.2) is 0 Å².